The second-order valence-electron chi connectivity index (χ2n) is 6.65. The van der Waals surface area contributed by atoms with Crippen molar-refractivity contribution in [1.29, 1.82) is 0 Å². The number of nitrogens with one attached hydrogen (secondary N) is 1. The average molecular weight is 344 g/mol. The topological polar surface area (TPSA) is 50.2 Å². The lowest BCUT2D eigenvalue weighted by Crippen LogP contribution is -2.42. The molecule has 1 N–H and O–H groups in total. The number of hydrogen-bond acceptors (Lipinski definition) is 3. The average Bonchev–Trinajstić information content (AvgIpc) is 3.21. The molecule has 1 unspecified atom stereocenters. The lowest BCUT2D eigenvalue weighted by molar-refractivity contribution is 0.0692. The third-order valence-corrected chi connectivity index (χ3v) is 4.63. The van der Waals surface area contributed by atoms with E-state index in [9.17, 15) is 9.18 Å². The van der Waals surface area contributed by atoms with Gasteiger partial charge in [-0.1, -0.05) is 6.92 Å². The van der Waals surface area contributed by atoms with Gasteiger partial charge in [-0.25, -0.2) is 9.07 Å². The Labute approximate surface area is 147 Å². The molecule has 3 rings (SSSR count). The summed E-state index contributed by atoms with van der Waals surface area (Å²) in [6, 6.07) is 6.75. The molecule has 25 heavy (non-hydrogen) atoms. The van der Waals surface area contributed by atoms with Crippen molar-refractivity contribution in [2.24, 2.45) is 0 Å². The summed E-state index contributed by atoms with van der Waals surface area (Å²) < 4.78 is 16.2. The molecule has 5 nitrogen and oxygen atoms in total. The summed E-state index contributed by atoms with van der Waals surface area (Å²) in [5.74, 6) is -0.535. The van der Waals surface area contributed by atoms with E-state index in [2.05, 4.69) is 17.3 Å². The Bertz CT molecular complexity index is 765. The standard InChI is InChI=1S/C19H25FN4O/c1-4-9-23(16-7-8-21-12-16)19(25)15-5-6-18(17(20)11-15)24-14(3)10-13(2)22-24/h5-6,10-11,16,21H,4,7-9,12H2,1-3H3. The predicted octanol–water partition coefficient (Wildman–Crippen LogP) is 2.84. The molecule has 6 heteroatoms. The van der Waals surface area contributed by atoms with Crippen LogP contribution in [0.2, 0.25) is 0 Å². The van der Waals surface area contributed by atoms with Crippen molar-refractivity contribution in [3.8, 4) is 5.69 Å². The van der Waals surface area contributed by atoms with Crippen molar-refractivity contribution in [3.05, 3.63) is 47.0 Å². The van der Waals surface area contributed by atoms with Gasteiger partial charge in [0, 0.05) is 30.4 Å². The van der Waals surface area contributed by atoms with Crippen molar-refractivity contribution >= 4 is 5.91 Å². The maximum atomic E-state index is 14.7. The number of nitrogens with zero attached hydrogens (tertiary/aromatic N) is 3. The van der Waals surface area contributed by atoms with Gasteiger partial charge in [0.2, 0.25) is 0 Å². The first-order chi connectivity index (χ1) is 12.0. The number of amides is 1. The maximum absolute atomic E-state index is 14.7. The number of carbonyl (C=O) groups is 1. The minimum absolute atomic E-state index is 0.102. The minimum atomic E-state index is -0.432. The zero-order valence-electron chi connectivity index (χ0n) is 15.1. The second kappa shape index (κ2) is 7.35. The van der Waals surface area contributed by atoms with E-state index in [0.29, 0.717) is 17.8 Å². The van der Waals surface area contributed by atoms with Crippen molar-refractivity contribution < 1.29 is 9.18 Å². The van der Waals surface area contributed by atoms with Gasteiger partial charge in [-0.05, 0) is 57.5 Å². The van der Waals surface area contributed by atoms with E-state index >= 15 is 0 Å². The number of aromatic nitrogens is 2. The van der Waals surface area contributed by atoms with Gasteiger partial charge in [0.25, 0.3) is 5.91 Å². The van der Waals surface area contributed by atoms with E-state index in [1.165, 1.54) is 6.07 Å². The number of hydrogen-bond donors (Lipinski definition) is 1. The zero-order valence-corrected chi connectivity index (χ0v) is 15.1. The second-order valence-corrected chi connectivity index (χ2v) is 6.65. The van der Waals surface area contributed by atoms with Crippen molar-refractivity contribution in [1.82, 2.24) is 20.0 Å². The molecular weight excluding hydrogens is 319 g/mol. The summed E-state index contributed by atoms with van der Waals surface area (Å²) in [6.45, 7) is 8.22. The Balaban J connectivity index is 1.88. The van der Waals surface area contributed by atoms with Crippen LogP contribution in [-0.4, -0.2) is 46.3 Å². The lowest BCUT2D eigenvalue weighted by atomic mass is 10.1. The van der Waals surface area contributed by atoms with Crippen molar-refractivity contribution in [2.75, 3.05) is 19.6 Å². The van der Waals surface area contributed by atoms with Gasteiger partial charge in [0.1, 0.15) is 11.5 Å². The fourth-order valence-electron chi connectivity index (χ4n) is 3.45. The maximum Gasteiger partial charge on any atom is 0.254 e. The summed E-state index contributed by atoms with van der Waals surface area (Å²) in [5.41, 5.74) is 2.45. The van der Waals surface area contributed by atoms with Crippen LogP contribution in [0.25, 0.3) is 5.69 Å². The molecule has 1 aliphatic heterocycles. The first-order valence-electron chi connectivity index (χ1n) is 8.86. The largest absolute Gasteiger partial charge is 0.334 e. The highest BCUT2D eigenvalue weighted by Crippen LogP contribution is 2.20. The molecule has 1 fully saturated rings. The van der Waals surface area contributed by atoms with Crippen LogP contribution in [0.15, 0.2) is 24.3 Å². The molecule has 0 saturated carbocycles. The molecule has 0 aliphatic carbocycles. The molecule has 0 spiro atoms. The number of halogens is 1. The fourth-order valence-corrected chi connectivity index (χ4v) is 3.45. The minimum Gasteiger partial charge on any atom is -0.334 e. The van der Waals surface area contributed by atoms with Crippen LogP contribution in [0.5, 0.6) is 0 Å². The highest BCUT2D eigenvalue weighted by molar-refractivity contribution is 5.94. The van der Waals surface area contributed by atoms with Crippen LogP contribution in [-0.2, 0) is 0 Å². The molecule has 2 heterocycles. The summed E-state index contributed by atoms with van der Waals surface area (Å²) >= 11 is 0. The van der Waals surface area contributed by atoms with Crippen molar-refractivity contribution in [3.63, 3.8) is 0 Å². The highest BCUT2D eigenvalue weighted by atomic mass is 19.1. The monoisotopic (exact) mass is 344 g/mol. The summed E-state index contributed by atoms with van der Waals surface area (Å²) in [7, 11) is 0. The molecule has 1 amide bonds. The number of aryl methyl sites for hydroxylation is 2. The number of benzene rings is 1. The number of carbonyl (C=O) groups excluding carboxylic acids is 1. The van der Waals surface area contributed by atoms with Gasteiger partial charge in [-0.2, -0.15) is 5.10 Å². The van der Waals surface area contributed by atoms with E-state index in [1.54, 1.807) is 16.8 Å². The molecule has 2 aromatic rings. The Morgan fingerprint density at radius 3 is 2.76 bits per heavy atom. The summed E-state index contributed by atoms with van der Waals surface area (Å²) in [5, 5.41) is 7.60. The van der Waals surface area contributed by atoms with Crippen LogP contribution in [0, 0.1) is 19.7 Å². The molecule has 1 aliphatic rings. The SMILES string of the molecule is CCCN(C(=O)c1ccc(-n2nc(C)cc2C)c(F)c1)C1CCNC1. The molecule has 1 aromatic carbocycles. The molecule has 0 radical (unpaired) electrons. The lowest BCUT2D eigenvalue weighted by Gasteiger charge is -2.28. The Kier molecular flexibility index (Phi) is 5.18. The van der Waals surface area contributed by atoms with Gasteiger partial charge >= 0.3 is 0 Å². The van der Waals surface area contributed by atoms with E-state index in [-0.39, 0.29) is 11.9 Å². The Morgan fingerprint density at radius 2 is 2.20 bits per heavy atom. The Hall–Kier alpha value is -2.21. The quantitative estimate of drug-likeness (QED) is 0.907. The van der Waals surface area contributed by atoms with Crippen LogP contribution in [0.4, 0.5) is 4.39 Å². The van der Waals surface area contributed by atoms with Crippen molar-refractivity contribution in [2.45, 2.75) is 39.7 Å². The summed E-state index contributed by atoms with van der Waals surface area (Å²) in [6.07, 6.45) is 1.83. The molecule has 1 atom stereocenters. The normalized spacial score (nSPS) is 17.0. The van der Waals surface area contributed by atoms with Gasteiger partial charge in [0.05, 0.1) is 5.69 Å². The smallest absolute Gasteiger partial charge is 0.254 e. The highest BCUT2D eigenvalue weighted by Gasteiger charge is 2.27. The first kappa shape index (κ1) is 17.6. The third-order valence-electron chi connectivity index (χ3n) is 4.63. The van der Waals surface area contributed by atoms with E-state index in [1.807, 2.05) is 24.8 Å². The van der Waals surface area contributed by atoms with Gasteiger partial charge in [-0.3, -0.25) is 4.79 Å². The Morgan fingerprint density at radius 1 is 1.40 bits per heavy atom. The molecule has 134 valence electrons. The molecule has 1 aromatic heterocycles. The molecule has 1 saturated heterocycles. The van der Waals surface area contributed by atoms with E-state index in [0.717, 1.165) is 37.3 Å². The van der Waals surface area contributed by atoms with Crippen LogP contribution in [0.1, 0.15) is 41.5 Å². The summed E-state index contributed by atoms with van der Waals surface area (Å²) in [4.78, 5) is 14.8. The zero-order chi connectivity index (χ0) is 18.0. The van der Waals surface area contributed by atoms with Crippen LogP contribution in [0.3, 0.4) is 0 Å². The fraction of sp³-hybridized carbons (Fsp3) is 0.474. The van der Waals surface area contributed by atoms with Gasteiger partial charge in [0.15, 0.2) is 0 Å². The van der Waals surface area contributed by atoms with E-state index in [4.69, 9.17) is 0 Å². The molecular formula is C19H25FN4O. The number of rotatable bonds is 5. The third kappa shape index (κ3) is 3.58. The van der Waals surface area contributed by atoms with Gasteiger partial charge < -0.3 is 10.2 Å². The van der Waals surface area contributed by atoms with E-state index < -0.39 is 5.82 Å². The van der Waals surface area contributed by atoms with Gasteiger partial charge in [-0.15, -0.1) is 0 Å². The van der Waals surface area contributed by atoms with Crippen LogP contribution < -0.4 is 5.32 Å². The first-order valence-corrected chi connectivity index (χ1v) is 8.86. The molecule has 0 bridgehead atoms. The predicted molar refractivity (Wildman–Crippen MR) is 95.6 cm³/mol. The van der Waals surface area contributed by atoms with Crippen LogP contribution >= 0.6 is 0 Å².